The van der Waals surface area contributed by atoms with Crippen molar-refractivity contribution in [3.63, 3.8) is 0 Å². The van der Waals surface area contributed by atoms with Crippen LogP contribution in [0, 0.1) is 17.8 Å². The number of rotatable bonds is 5. The van der Waals surface area contributed by atoms with Gasteiger partial charge in [0.05, 0.1) is 5.84 Å². The molecule has 2 aliphatic carbocycles. The monoisotopic (exact) mass is 180 g/mol. The summed E-state index contributed by atoms with van der Waals surface area (Å²) < 4.78 is 0. The largest absolute Gasteiger partial charge is 0.387 e. The minimum absolute atomic E-state index is 0.839. The Morgan fingerprint density at radius 1 is 1.31 bits per heavy atom. The van der Waals surface area contributed by atoms with Crippen LogP contribution < -0.4 is 5.73 Å². The number of aliphatic imine (C=N–C) groups is 1. The van der Waals surface area contributed by atoms with Gasteiger partial charge in [-0.2, -0.15) is 0 Å². The average molecular weight is 180 g/mol. The molecule has 0 atom stereocenters. The molecule has 0 amide bonds. The van der Waals surface area contributed by atoms with Gasteiger partial charge in [0.15, 0.2) is 0 Å². The highest BCUT2D eigenvalue weighted by Gasteiger charge is 2.40. The fourth-order valence-corrected chi connectivity index (χ4v) is 2.07. The smallest absolute Gasteiger partial charge is 0.0934 e. The topological polar surface area (TPSA) is 38.4 Å². The second-order valence-electron chi connectivity index (χ2n) is 4.52. The third kappa shape index (κ3) is 2.45. The molecular weight excluding hydrogens is 160 g/mol. The average Bonchev–Trinajstić information content (AvgIpc) is 2.98. The summed E-state index contributed by atoms with van der Waals surface area (Å²) in [6.45, 7) is 3.08. The zero-order valence-corrected chi connectivity index (χ0v) is 8.50. The summed E-state index contributed by atoms with van der Waals surface area (Å²) in [4.78, 5) is 4.46. The van der Waals surface area contributed by atoms with E-state index in [0.29, 0.717) is 0 Å². The molecule has 0 aromatic rings. The Hall–Kier alpha value is -0.530. The Morgan fingerprint density at radius 3 is 2.23 bits per heavy atom. The first kappa shape index (κ1) is 9.04. The predicted molar refractivity (Wildman–Crippen MR) is 55.7 cm³/mol. The van der Waals surface area contributed by atoms with Crippen LogP contribution in [0.15, 0.2) is 4.99 Å². The number of hydrogen-bond acceptors (Lipinski definition) is 1. The van der Waals surface area contributed by atoms with Crippen LogP contribution in [-0.2, 0) is 0 Å². The van der Waals surface area contributed by atoms with E-state index in [1.807, 2.05) is 0 Å². The summed E-state index contributed by atoms with van der Waals surface area (Å²) >= 11 is 0. The zero-order chi connectivity index (χ0) is 9.26. The Kier molecular flexibility index (Phi) is 2.56. The summed E-state index contributed by atoms with van der Waals surface area (Å²) in [5, 5.41) is 0. The molecule has 13 heavy (non-hydrogen) atoms. The molecular formula is C11H20N2. The maximum absolute atomic E-state index is 5.71. The van der Waals surface area contributed by atoms with Gasteiger partial charge in [-0.15, -0.1) is 0 Å². The van der Waals surface area contributed by atoms with Gasteiger partial charge >= 0.3 is 0 Å². The molecule has 2 fully saturated rings. The molecule has 2 saturated carbocycles. The minimum atomic E-state index is 0.839. The van der Waals surface area contributed by atoms with E-state index in [4.69, 9.17) is 5.73 Å². The summed E-state index contributed by atoms with van der Waals surface area (Å²) in [6, 6.07) is 0. The maximum Gasteiger partial charge on any atom is 0.0934 e. The molecule has 0 aliphatic heterocycles. The molecule has 74 valence electrons. The molecule has 2 heteroatoms. The van der Waals surface area contributed by atoms with Crippen LogP contribution in [0.4, 0.5) is 0 Å². The molecule has 0 radical (unpaired) electrons. The predicted octanol–water partition coefficient (Wildman–Crippen LogP) is 2.19. The van der Waals surface area contributed by atoms with E-state index in [2.05, 4.69) is 11.9 Å². The van der Waals surface area contributed by atoms with E-state index < -0.39 is 0 Å². The lowest BCUT2D eigenvalue weighted by atomic mass is 9.98. The van der Waals surface area contributed by atoms with Gasteiger partial charge in [0.1, 0.15) is 0 Å². The maximum atomic E-state index is 5.71. The van der Waals surface area contributed by atoms with E-state index in [-0.39, 0.29) is 0 Å². The highest BCUT2D eigenvalue weighted by atomic mass is 14.9. The van der Waals surface area contributed by atoms with Crippen molar-refractivity contribution in [2.24, 2.45) is 28.5 Å². The molecule has 0 unspecified atom stereocenters. The fourth-order valence-electron chi connectivity index (χ4n) is 2.07. The van der Waals surface area contributed by atoms with Crippen molar-refractivity contribution in [3.8, 4) is 0 Å². The molecule has 0 aromatic carbocycles. The van der Waals surface area contributed by atoms with E-state index >= 15 is 0 Å². The van der Waals surface area contributed by atoms with Crippen LogP contribution in [0.25, 0.3) is 0 Å². The molecule has 2 rings (SSSR count). The van der Waals surface area contributed by atoms with E-state index in [0.717, 1.165) is 36.6 Å². The van der Waals surface area contributed by atoms with E-state index in [9.17, 15) is 0 Å². The van der Waals surface area contributed by atoms with Crippen molar-refractivity contribution < 1.29 is 0 Å². The Labute approximate surface area is 80.6 Å². The van der Waals surface area contributed by atoms with Gasteiger partial charge in [0.25, 0.3) is 0 Å². The SMILES string of the molecule is CCC(N)=NCC(C1CC1)C1CC1. The van der Waals surface area contributed by atoms with Crippen LogP contribution in [0.2, 0.25) is 0 Å². The standard InChI is InChI=1S/C11H20N2/c1-2-11(12)13-7-10(8-3-4-8)9-5-6-9/h8-10H,2-7H2,1H3,(H2,12,13). The van der Waals surface area contributed by atoms with Gasteiger partial charge in [-0.05, 0) is 43.4 Å². The zero-order valence-electron chi connectivity index (χ0n) is 8.50. The highest BCUT2D eigenvalue weighted by molar-refractivity contribution is 5.79. The van der Waals surface area contributed by atoms with Crippen molar-refractivity contribution >= 4 is 5.84 Å². The van der Waals surface area contributed by atoms with Gasteiger partial charge in [0, 0.05) is 13.0 Å². The van der Waals surface area contributed by atoms with Crippen molar-refractivity contribution in [2.75, 3.05) is 6.54 Å². The minimum Gasteiger partial charge on any atom is -0.387 e. The molecule has 2 N–H and O–H groups in total. The van der Waals surface area contributed by atoms with Gasteiger partial charge < -0.3 is 5.73 Å². The van der Waals surface area contributed by atoms with Crippen LogP contribution in [-0.4, -0.2) is 12.4 Å². The van der Waals surface area contributed by atoms with Crippen molar-refractivity contribution in [1.82, 2.24) is 0 Å². The number of nitrogens with zero attached hydrogens (tertiary/aromatic N) is 1. The lowest BCUT2D eigenvalue weighted by Crippen LogP contribution is -2.15. The van der Waals surface area contributed by atoms with Crippen molar-refractivity contribution in [3.05, 3.63) is 0 Å². The van der Waals surface area contributed by atoms with Crippen LogP contribution in [0.3, 0.4) is 0 Å². The third-order valence-electron chi connectivity index (χ3n) is 3.32. The normalized spacial score (nSPS) is 24.0. The highest BCUT2D eigenvalue weighted by Crippen LogP contribution is 2.49. The van der Waals surface area contributed by atoms with Crippen molar-refractivity contribution in [2.45, 2.75) is 39.0 Å². The summed E-state index contributed by atoms with van der Waals surface area (Å²) in [5.41, 5.74) is 5.71. The van der Waals surface area contributed by atoms with Crippen LogP contribution >= 0.6 is 0 Å². The Balaban J connectivity index is 1.82. The van der Waals surface area contributed by atoms with Crippen molar-refractivity contribution in [1.29, 1.82) is 0 Å². The summed E-state index contributed by atoms with van der Waals surface area (Å²) in [7, 11) is 0. The lowest BCUT2D eigenvalue weighted by molar-refractivity contribution is 0.417. The second kappa shape index (κ2) is 3.69. The van der Waals surface area contributed by atoms with Gasteiger partial charge in [0.2, 0.25) is 0 Å². The second-order valence-corrected chi connectivity index (χ2v) is 4.52. The van der Waals surface area contributed by atoms with E-state index in [1.165, 1.54) is 25.7 Å². The van der Waals surface area contributed by atoms with Gasteiger partial charge in [-0.25, -0.2) is 0 Å². The Bertz CT molecular complexity index is 190. The van der Waals surface area contributed by atoms with Gasteiger partial charge in [-0.3, -0.25) is 4.99 Å². The summed E-state index contributed by atoms with van der Waals surface area (Å²) in [5.74, 6) is 3.72. The first-order valence-electron chi connectivity index (χ1n) is 5.60. The number of nitrogens with two attached hydrogens (primary N) is 1. The molecule has 2 aliphatic rings. The first-order valence-corrected chi connectivity index (χ1v) is 5.60. The number of amidine groups is 1. The molecule has 0 bridgehead atoms. The van der Waals surface area contributed by atoms with Gasteiger partial charge in [-0.1, -0.05) is 6.92 Å². The van der Waals surface area contributed by atoms with E-state index in [1.54, 1.807) is 0 Å². The molecule has 0 heterocycles. The third-order valence-corrected chi connectivity index (χ3v) is 3.32. The molecule has 2 nitrogen and oxygen atoms in total. The van der Waals surface area contributed by atoms with Crippen LogP contribution in [0.1, 0.15) is 39.0 Å². The molecule has 0 saturated heterocycles. The first-order chi connectivity index (χ1) is 6.31. The van der Waals surface area contributed by atoms with Crippen LogP contribution in [0.5, 0.6) is 0 Å². The Morgan fingerprint density at radius 2 is 1.85 bits per heavy atom. The quantitative estimate of drug-likeness (QED) is 0.511. The molecule has 0 aromatic heterocycles. The lowest BCUT2D eigenvalue weighted by Gasteiger charge is -2.12. The summed E-state index contributed by atoms with van der Waals surface area (Å²) in [6.07, 6.45) is 6.69. The fraction of sp³-hybridized carbons (Fsp3) is 0.909. The molecule has 0 spiro atoms. The number of hydrogen-bond donors (Lipinski definition) is 1.